The topological polar surface area (TPSA) is 38.3 Å². The Morgan fingerprint density at radius 3 is 2.95 bits per heavy atom. The number of carbonyl (C=O) groups excluding carboxylic acids is 1. The molecule has 0 unspecified atom stereocenters. The highest BCUT2D eigenvalue weighted by molar-refractivity contribution is 6.34. The molecule has 1 N–H and O–H groups in total. The molecule has 4 heteroatoms. The van der Waals surface area contributed by atoms with E-state index >= 15 is 0 Å². The zero-order valence-corrected chi connectivity index (χ0v) is 11.1. The lowest BCUT2D eigenvalue weighted by Gasteiger charge is -2.19. The maximum Gasteiger partial charge on any atom is 0.262 e. The monoisotopic (exact) mass is 273 g/mol. The van der Waals surface area contributed by atoms with Crippen molar-refractivity contribution >= 4 is 23.2 Å². The summed E-state index contributed by atoms with van der Waals surface area (Å²) < 4.78 is 5.41. The summed E-state index contributed by atoms with van der Waals surface area (Å²) in [7, 11) is 0. The van der Waals surface area contributed by atoms with Gasteiger partial charge in [-0.05, 0) is 30.2 Å². The quantitative estimate of drug-likeness (QED) is 0.861. The fourth-order valence-corrected chi connectivity index (χ4v) is 2.35. The van der Waals surface area contributed by atoms with E-state index in [-0.39, 0.29) is 12.5 Å². The molecule has 3 rings (SSSR count). The number of aryl methyl sites for hydroxylation is 1. The van der Waals surface area contributed by atoms with Gasteiger partial charge in [-0.25, -0.2) is 0 Å². The molecule has 0 radical (unpaired) electrons. The first kappa shape index (κ1) is 12.1. The molecule has 0 fully saturated rings. The third-order valence-electron chi connectivity index (χ3n) is 3.12. The van der Waals surface area contributed by atoms with Gasteiger partial charge in [0.05, 0.1) is 10.7 Å². The van der Waals surface area contributed by atoms with E-state index in [4.69, 9.17) is 16.3 Å². The Morgan fingerprint density at radius 1 is 1.26 bits per heavy atom. The number of nitrogens with one attached hydrogen (secondary N) is 1. The van der Waals surface area contributed by atoms with E-state index in [2.05, 4.69) is 5.32 Å². The van der Waals surface area contributed by atoms with Crippen LogP contribution < -0.4 is 10.1 Å². The highest BCUT2D eigenvalue weighted by Crippen LogP contribution is 2.36. The summed E-state index contributed by atoms with van der Waals surface area (Å²) in [4.78, 5) is 11.2. The molecule has 2 aromatic carbocycles. The van der Waals surface area contributed by atoms with Crippen LogP contribution >= 0.6 is 11.6 Å². The van der Waals surface area contributed by atoms with Crippen LogP contribution in [0.3, 0.4) is 0 Å². The molecule has 0 aliphatic carbocycles. The van der Waals surface area contributed by atoms with Gasteiger partial charge in [0.15, 0.2) is 6.61 Å². The largest absolute Gasteiger partial charge is 0.482 e. The second kappa shape index (κ2) is 4.59. The molecule has 2 aromatic rings. The van der Waals surface area contributed by atoms with Crippen molar-refractivity contribution in [1.82, 2.24) is 0 Å². The zero-order chi connectivity index (χ0) is 13.4. The van der Waals surface area contributed by atoms with E-state index in [9.17, 15) is 4.79 Å². The molecular weight excluding hydrogens is 262 g/mol. The van der Waals surface area contributed by atoms with Gasteiger partial charge in [0.1, 0.15) is 5.75 Å². The Balaban J connectivity index is 2.07. The minimum atomic E-state index is -0.131. The smallest absolute Gasteiger partial charge is 0.262 e. The number of hydrogen-bond acceptors (Lipinski definition) is 2. The Hall–Kier alpha value is -2.00. The van der Waals surface area contributed by atoms with Crippen LogP contribution in [0.15, 0.2) is 36.4 Å². The molecule has 0 spiro atoms. The number of fused-ring (bicyclic) bond motifs is 1. The number of halogens is 1. The Bertz CT molecular complexity index is 667. The lowest BCUT2D eigenvalue weighted by Crippen LogP contribution is -2.25. The summed E-state index contributed by atoms with van der Waals surface area (Å²) in [5, 5.41) is 3.51. The summed E-state index contributed by atoms with van der Waals surface area (Å²) >= 11 is 6.32. The lowest BCUT2D eigenvalue weighted by atomic mass is 10.0. The minimum Gasteiger partial charge on any atom is -0.482 e. The summed E-state index contributed by atoms with van der Waals surface area (Å²) in [6, 6.07) is 11.6. The van der Waals surface area contributed by atoms with Gasteiger partial charge in [0, 0.05) is 5.56 Å². The van der Waals surface area contributed by atoms with Crippen molar-refractivity contribution in [2.75, 3.05) is 11.9 Å². The van der Waals surface area contributed by atoms with Crippen molar-refractivity contribution in [3.8, 4) is 16.9 Å². The molecule has 0 saturated heterocycles. The number of hydrogen-bond donors (Lipinski definition) is 1. The first-order valence-electron chi connectivity index (χ1n) is 5.97. The normalized spacial score (nSPS) is 13.5. The number of amides is 1. The molecule has 0 bridgehead atoms. The van der Waals surface area contributed by atoms with Crippen LogP contribution in [0.4, 0.5) is 5.69 Å². The Morgan fingerprint density at radius 2 is 2.11 bits per heavy atom. The van der Waals surface area contributed by atoms with Gasteiger partial charge in [-0.15, -0.1) is 0 Å². The fraction of sp³-hybridized carbons (Fsp3) is 0.133. The molecule has 1 aliphatic rings. The third-order valence-corrected chi connectivity index (χ3v) is 3.62. The van der Waals surface area contributed by atoms with Crippen molar-refractivity contribution in [1.29, 1.82) is 0 Å². The molecule has 1 aliphatic heterocycles. The van der Waals surface area contributed by atoms with E-state index in [1.54, 1.807) is 0 Å². The summed E-state index contributed by atoms with van der Waals surface area (Å²) in [5.74, 6) is 0.545. The molecule has 1 heterocycles. The van der Waals surface area contributed by atoms with E-state index < -0.39 is 0 Å². The number of ether oxygens (including phenoxy) is 1. The molecule has 0 aromatic heterocycles. The van der Waals surface area contributed by atoms with E-state index in [1.165, 1.54) is 0 Å². The number of benzene rings is 2. The van der Waals surface area contributed by atoms with Crippen LogP contribution in [-0.4, -0.2) is 12.5 Å². The first-order valence-corrected chi connectivity index (χ1v) is 6.35. The molecular formula is C15H12ClNO2. The molecule has 19 heavy (non-hydrogen) atoms. The van der Waals surface area contributed by atoms with Crippen molar-refractivity contribution in [2.45, 2.75) is 6.92 Å². The van der Waals surface area contributed by atoms with Crippen LogP contribution in [0.25, 0.3) is 11.1 Å². The minimum absolute atomic E-state index is 0.0536. The number of carbonyl (C=O) groups is 1. The zero-order valence-electron chi connectivity index (χ0n) is 10.4. The van der Waals surface area contributed by atoms with Crippen LogP contribution in [0.2, 0.25) is 5.02 Å². The van der Waals surface area contributed by atoms with E-state index in [1.807, 2.05) is 43.3 Å². The molecule has 1 amide bonds. The van der Waals surface area contributed by atoms with Gasteiger partial charge in [-0.1, -0.05) is 35.9 Å². The van der Waals surface area contributed by atoms with Gasteiger partial charge in [-0.2, -0.15) is 0 Å². The van der Waals surface area contributed by atoms with E-state index in [0.29, 0.717) is 11.4 Å². The van der Waals surface area contributed by atoms with Gasteiger partial charge in [-0.3, -0.25) is 4.79 Å². The number of rotatable bonds is 1. The highest BCUT2D eigenvalue weighted by Gasteiger charge is 2.17. The maximum absolute atomic E-state index is 11.2. The summed E-state index contributed by atoms with van der Waals surface area (Å²) in [6.45, 7) is 2.03. The Labute approximate surface area is 116 Å². The summed E-state index contributed by atoms with van der Waals surface area (Å²) in [6.07, 6.45) is 0. The number of anilines is 1. The van der Waals surface area contributed by atoms with Crippen LogP contribution in [0.1, 0.15) is 5.56 Å². The van der Waals surface area contributed by atoms with Gasteiger partial charge < -0.3 is 10.1 Å². The molecule has 0 atom stereocenters. The maximum atomic E-state index is 11.2. The van der Waals surface area contributed by atoms with Crippen molar-refractivity contribution in [2.24, 2.45) is 0 Å². The van der Waals surface area contributed by atoms with E-state index in [0.717, 1.165) is 21.7 Å². The predicted octanol–water partition coefficient (Wildman–Crippen LogP) is 3.65. The van der Waals surface area contributed by atoms with Crippen molar-refractivity contribution in [3.63, 3.8) is 0 Å². The average molecular weight is 274 g/mol. The molecule has 0 saturated carbocycles. The van der Waals surface area contributed by atoms with Crippen molar-refractivity contribution in [3.05, 3.63) is 47.0 Å². The molecule has 96 valence electrons. The van der Waals surface area contributed by atoms with Gasteiger partial charge in [0.25, 0.3) is 5.91 Å². The Kier molecular flexibility index (Phi) is 2.91. The third kappa shape index (κ3) is 2.17. The van der Waals surface area contributed by atoms with Gasteiger partial charge in [0.2, 0.25) is 0 Å². The standard InChI is InChI=1S/C15H12ClNO2/c1-9-3-2-4-11(15(9)16)10-5-6-12-13(7-10)19-8-14(18)17-12/h2-7H,8H2,1H3,(H,17,18). The van der Waals surface area contributed by atoms with Crippen LogP contribution in [0, 0.1) is 6.92 Å². The SMILES string of the molecule is Cc1cccc(-c2ccc3c(c2)OCC(=O)N3)c1Cl. The predicted molar refractivity (Wildman–Crippen MR) is 75.7 cm³/mol. The van der Waals surface area contributed by atoms with Crippen molar-refractivity contribution < 1.29 is 9.53 Å². The average Bonchev–Trinajstić information content (AvgIpc) is 2.41. The first-order chi connectivity index (χ1) is 9.15. The second-order valence-corrected chi connectivity index (χ2v) is 4.86. The van der Waals surface area contributed by atoms with Gasteiger partial charge >= 0.3 is 0 Å². The second-order valence-electron chi connectivity index (χ2n) is 4.48. The highest BCUT2D eigenvalue weighted by atomic mass is 35.5. The summed E-state index contributed by atoms with van der Waals surface area (Å²) in [5.41, 5.74) is 3.67. The van der Waals surface area contributed by atoms with Crippen LogP contribution in [-0.2, 0) is 4.79 Å². The fourth-order valence-electron chi connectivity index (χ4n) is 2.11. The van der Waals surface area contributed by atoms with Crippen LogP contribution in [0.5, 0.6) is 5.75 Å². The molecule has 3 nitrogen and oxygen atoms in total. The lowest BCUT2D eigenvalue weighted by molar-refractivity contribution is -0.118.